The van der Waals surface area contributed by atoms with Gasteiger partial charge in [0.1, 0.15) is 6.54 Å². The van der Waals surface area contributed by atoms with Crippen LogP contribution in [-0.2, 0) is 6.54 Å². The topological polar surface area (TPSA) is 64.4 Å². The molecule has 0 unspecified atom stereocenters. The van der Waals surface area contributed by atoms with Gasteiger partial charge in [0.2, 0.25) is 0 Å². The van der Waals surface area contributed by atoms with Crippen molar-refractivity contribution < 1.29 is 4.52 Å². The van der Waals surface area contributed by atoms with Gasteiger partial charge in [-0.25, -0.2) is 0 Å². The van der Waals surface area contributed by atoms with Gasteiger partial charge >= 0.3 is 0 Å². The van der Waals surface area contributed by atoms with Crippen LogP contribution in [0.4, 0.5) is 0 Å². The molecule has 0 spiro atoms. The molecule has 0 atom stereocenters. The summed E-state index contributed by atoms with van der Waals surface area (Å²) < 4.78 is 4.98. The van der Waals surface area contributed by atoms with Crippen LogP contribution in [0.25, 0.3) is 0 Å². The predicted molar refractivity (Wildman–Crippen MR) is 51.5 cm³/mol. The van der Waals surface area contributed by atoms with Crippen molar-refractivity contribution in [3.8, 4) is 0 Å². The fraction of sp³-hybridized carbons (Fsp3) is 0.556. The minimum absolute atomic E-state index is 0.493. The van der Waals surface area contributed by atoms with Crippen molar-refractivity contribution >= 4 is 5.84 Å². The zero-order chi connectivity index (χ0) is 9.68. The molecular weight excluding hydrogens is 166 g/mol. The van der Waals surface area contributed by atoms with Gasteiger partial charge in [-0.1, -0.05) is 12.1 Å². The van der Waals surface area contributed by atoms with Gasteiger partial charge in [0.25, 0.3) is 0 Å². The molecule has 1 aromatic rings. The van der Waals surface area contributed by atoms with E-state index in [0.717, 1.165) is 24.3 Å². The van der Waals surface area contributed by atoms with Crippen LogP contribution in [0, 0.1) is 6.92 Å². The highest BCUT2D eigenvalue weighted by atomic mass is 16.5. The molecule has 0 aromatic carbocycles. The first kappa shape index (κ1) is 9.77. The Kier molecular flexibility index (Phi) is 3.49. The van der Waals surface area contributed by atoms with Crippen molar-refractivity contribution in [2.45, 2.75) is 33.2 Å². The molecule has 0 aliphatic rings. The zero-order valence-electron chi connectivity index (χ0n) is 8.08. The lowest BCUT2D eigenvalue weighted by Crippen LogP contribution is -2.10. The van der Waals surface area contributed by atoms with E-state index in [1.54, 1.807) is 0 Å². The lowest BCUT2D eigenvalue weighted by Gasteiger charge is -1.95. The summed E-state index contributed by atoms with van der Waals surface area (Å²) in [5, 5.41) is 3.76. The molecule has 0 fully saturated rings. The molecular formula is C9H15N3O. The number of aryl methyl sites for hydroxylation is 1. The van der Waals surface area contributed by atoms with E-state index in [-0.39, 0.29) is 0 Å². The summed E-state index contributed by atoms with van der Waals surface area (Å²) in [5.41, 5.74) is 6.50. The Morgan fingerprint density at radius 3 is 3.00 bits per heavy atom. The standard InChI is InChI=1S/C9H15N3O/c1-3-4-9(10)11-6-8-5-7(2)12-13-8/h5H,3-4,6H2,1-2H3,(H2,10,11). The first-order valence-electron chi connectivity index (χ1n) is 4.43. The summed E-state index contributed by atoms with van der Waals surface area (Å²) in [6.07, 6.45) is 1.86. The highest BCUT2D eigenvalue weighted by Crippen LogP contribution is 2.03. The Labute approximate surface area is 77.8 Å². The second-order valence-corrected chi connectivity index (χ2v) is 2.99. The van der Waals surface area contributed by atoms with E-state index in [4.69, 9.17) is 10.3 Å². The lowest BCUT2D eigenvalue weighted by atomic mass is 10.3. The van der Waals surface area contributed by atoms with Crippen molar-refractivity contribution in [1.82, 2.24) is 5.16 Å². The van der Waals surface area contributed by atoms with Crippen molar-refractivity contribution in [3.05, 3.63) is 17.5 Å². The van der Waals surface area contributed by atoms with Crippen LogP contribution in [0.1, 0.15) is 31.2 Å². The number of aromatic nitrogens is 1. The predicted octanol–water partition coefficient (Wildman–Crippen LogP) is 1.64. The Morgan fingerprint density at radius 2 is 2.46 bits per heavy atom. The number of hydrogen-bond donors (Lipinski definition) is 1. The van der Waals surface area contributed by atoms with E-state index in [2.05, 4.69) is 17.1 Å². The average Bonchev–Trinajstić information content (AvgIpc) is 2.49. The van der Waals surface area contributed by atoms with Gasteiger partial charge in [-0.15, -0.1) is 0 Å². The molecule has 4 heteroatoms. The summed E-state index contributed by atoms with van der Waals surface area (Å²) in [6, 6.07) is 1.86. The number of rotatable bonds is 4. The van der Waals surface area contributed by atoms with Gasteiger partial charge in [-0.05, 0) is 13.3 Å². The van der Waals surface area contributed by atoms with Gasteiger partial charge < -0.3 is 10.3 Å². The Balaban J connectivity index is 2.46. The molecule has 1 heterocycles. The molecule has 0 aliphatic carbocycles. The van der Waals surface area contributed by atoms with Crippen molar-refractivity contribution in [2.75, 3.05) is 0 Å². The van der Waals surface area contributed by atoms with Gasteiger partial charge in [0, 0.05) is 12.5 Å². The van der Waals surface area contributed by atoms with Crippen molar-refractivity contribution in [1.29, 1.82) is 0 Å². The zero-order valence-corrected chi connectivity index (χ0v) is 8.08. The fourth-order valence-corrected chi connectivity index (χ4v) is 1.01. The van der Waals surface area contributed by atoms with Gasteiger partial charge in [-0.2, -0.15) is 0 Å². The van der Waals surface area contributed by atoms with E-state index < -0.39 is 0 Å². The first-order chi connectivity index (χ1) is 6.22. The largest absolute Gasteiger partial charge is 0.387 e. The molecule has 1 aromatic heterocycles. The third-order valence-corrected chi connectivity index (χ3v) is 1.62. The molecule has 1 rings (SSSR count). The highest BCUT2D eigenvalue weighted by molar-refractivity contribution is 5.80. The summed E-state index contributed by atoms with van der Waals surface area (Å²) in [4.78, 5) is 4.16. The van der Waals surface area contributed by atoms with Crippen molar-refractivity contribution in [3.63, 3.8) is 0 Å². The summed E-state index contributed by atoms with van der Waals surface area (Å²) in [5.74, 6) is 1.44. The highest BCUT2D eigenvalue weighted by Gasteiger charge is 1.98. The second kappa shape index (κ2) is 4.64. The monoisotopic (exact) mass is 181 g/mol. The normalized spacial score (nSPS) is 12.0. The minimum atomic E-state index is 0.493. The molecule has 0 amide bonds. The van der Waals surface area contributed by atoms with Crippen LogP contribution in [0.3, 0.4) is 0 Å². The van der Waals surface area contributed by atoms with Crippen LogP contribution in [-0.4, -0.2) is 11.0 Å². The molecule has 2 N–H and O–H groups in total. The van der Waals surface area contributed by atoms with E-state index in [1.807, 2.05) is 13.0 Å². The van der Waals surface area contributed by atoms with Gasteiger partial charge in [0.05, 0.1) is 11.5 Å². The van der Waals surface area contributed by atoms with Crippen LogP contribution >= 0.6 is 0 Å². The summed E-state index contributed by atoms with van der Waals surface area (Å²) in [6.45, 7) is 4.44. The molecule has 0 saturated carbocycles. The summed E-state index contributed by atoms with van der Waals surface area (Å²) >= 11 is 0. The average molecular weight is 181 g/mol. The van der Waals surface area contributed by atoms with Crippen molar-refractivity contribution in [2.24, 2.45) is 10.7 Å². The Bertz CT molecular complexity index is 291. The number of aliphatic imine (C=N–C) groups is 1. The third-order valence-electron chi connectivity index (χ3n) is 1.62. The molecule has 72 valence electrons. The third kappa shape index (κ3) is 3.27. The lowest BCUT2D eigenvalue weighted by molar-refractivity contribution is 0.381. The maximum absolute atomic E-state index is 5.63. The Morgan fingerprint density at radius 1 is 1.69 bits per heavy atom. The van der Waals surface area contributed by atoms with E-state index in [1.165, 1.54) is 0 Å². The number of nitrogens with two attached hydrogens (primary N) is 1. The van der Waals surface area contributed by atoms with E-state index in [9.17, 15) is 0 Å². The Hall–Kier alpha value is -1.32. The molecule has 13 heavy (non-hydrogen) atoms. The smallest absolute Gasteiger partial charge is 0.158 e. The molecule has 0 bridgehead atoms. The number of nitrogens with zero attached hydrogens (tertiary/aromatic N) is 2. The van der Waals surface area contributed by atoms with E-state index in [0.29, 0.717) is 12.4 Å². The second-order valence-electron chi connectivity index (χ2n) is 2.99. The molecule has 0 saturated heterocycles. The quantitative estimate of drug-likeness (QED) is 0.567. The van der Waals surface area contributed by atoms with Crippen LogP contribution in [0.5, 0.6) is 0 Å². The molecule has 0 radical (unpaired) electrons. The van der Waals surface area contributed by atoms with Gasteiger partial charge in [0.15, 0.2) is 5.76 Å². The van der Waals surface area contributed by atoms with E-state index >= 15 is 0 Å². The number of amidine groups is 1. The molecule has 0 aliphatic heterocycles. The number of hydrogen-bond acceptors (Lipinski definition) is 3. The summed E-state index contributed by atoms with van der Waals surface area (Å²) in [7, 11) is 0. The first-order valence-corrected chi connectivity index (χ1v) is 4.43. The van der Waals surface area contributed by atoms with Gasteiger partial charge in [-0.3, -0.25) is 4.99 Å². The maximum atomic E-state index is 5.63. The SMILES string of the molecule is CCCC(N)=NCc1cc(C)no1. The van der Waals surface area contributed by atoms with Crippen LogP contribution in [0.2, 0.25) is 0 Å². The maximum Gasteiger partial charge on any atom is 0.158 e. The molecule has 4 nitrogen and oxygen atoms in total. The van der Waals surface area contributed by atoms with Crippen LogP contribution < -0.4 is 5.73 Å². The van der Waals surface area contributed by atoms with Crippen LogP contribution in [0.15, 0.2) is 15.6 Å². The fourth-order valence-electron chi connectivity index (χ4n) is 1.01. The minimum Gasteiger partial charge on any atom is -0.387 e.